The van der Waals surface area contributed by atoms with E-state index in [-0.39, 0.29) is 12.0 Å². The fourth-order valence-corrected chi connectivity index (χ4v) is 0.912. The van der Waals surface area contributed by atoms with Crippen LogP contribution >= 0.6 is 0 Å². The lowest BCUT2D eigenvalue weighted by Gasteiger charge is -2.07. The third-order valence-corrected chi connectivity index (χ3v) is 1.85. The highest BCUT2D eigenvalue weighted by atomic mass is 16.5. The molecule has 0 radical (unpaired) electrons. The largest absolute Gasteiger partial charge is 0.382 e. The van der Waals surface area contributed by atoms with Crippen molar-refractivity contribution < 1.29 is 9.53 Å². The molecule has 14 heavy (non-hydrogen) atoms. The highest BCUT2D eigenvalue weighted by Gasteiger charge is 2.06. The van der Waals surface area contributed by atoms with Crippen LogP contribution in [0.15, 0.2) is 6.33 Å². The highest BCUT2D eigenvalue weighted by molar-refractivity contribution is 5.88. The fourth-order valence-electron chi connectivity index (χ4n) is 0.912. The molecule has 6 nitrogen and oxygen atoms in total. The van der Waals surface area contributed by atoms with Crippen LogP contribution in [0.4, 0.5) is 5.95 Å². The second kappa shape index (κ2) is 5.33. The average molecular weight is 198 g/mol. The van der Waals surface area contributed by atoms with Gasteiger partial charge in [-0.05, 0) is 13.3 Å². The number of aromatic nitrogens is 3. The normalized spacial score (nSPS) is 12.4. The van der Waals surface area contributed by atoms with Crippen molar-refractivity contribution in [2.75, 3.05) is 12.4 Å². The van der Waals surface area contributed by atoms with Gasteiger partial charge in [-0.2, -0.15) is 10.1 Å². The van der Waals surface area contributed by atoms with Crippen molar-refractivity contribution in [2.24, 2.45) is 0 Å². The number of nitrogens with one attached hydrogen (secondary N) is 2. The summed E-state index contributed by atoms with van der Waals surface area (Å²) in [5, 5.41) is 8.73. The maximum absolute atomic E-state index is 11.3. The number of amides is 1. The van der Waals surface area contributed by atoms with Gasteiger partial charge < -0.3 is 4.74 Å². The summed E-state index contributed by atoms with van der Waals surface area (Å²) in [4.78, 5) is 15.0. The lowest BCUT2D eigenvalue weighted by atomic mass is 10.2. The van der Waals surface area contributed by atoms with Crippen molar-refractivity contribution in [1.29, 1.82) is 0 Å². The summed E-state index contributed by atoms with van der Waals surface area (Å²) >= 11 is 0. The number of rotatable bonds is 5. The summed E-state index contributed by atoms with van der Waals surface area (Å²) < 4.78 is 5.02. The molecule has 0 aliphatic rings. The second-order valence-electron chi connectivity index (χ2n) is 2.97. The smallest absolute Gasteiger partial charge is 0.226 e. The number of aromatic amines is 1. The number of carbonyl (C=O) groups is 1. The molecule has 0 saturated carbocycles. The molecule has 0 spiro atoms. The van der Waals surface area contributed by atoms with Gasteiger partial charge in [-0.15, -0.1) is 0 Å². The van der Waals surface area contributed by atoms with E-state index in [0.717, 1.165) is 0 Å². The molecule has 0 aliphatic heterocycles. The highest BCUT2D eigenvalue weighted by Crippen LogP contribution is 2.02. The van der Waals surface area contributed by atoms with Crippen LogP contribution < -0.4 is 5.32 Å². The van der Waals surface area contributed by atoms with E-state index in [9.17, 15) is 4.79 Å². The van der Waals surface area contributed by atoms with Crippen LogP contribution in [-0.2, 0) is 9.53 Å². The van der Waals surface area contributed by atoms with Gasteiger partial charge in [0.1, 0.15) is 6.33 Å². The predicted octanol–water partition coefficient (Wildman–Crippen LogP) is 0.558. The molecule has 6 heteroatoms. The molecule has 0 saturated heterocycles. The first-order chi connectivity index (χ1) is 6.72. The summed E-state index contributed by atoms with van der Waals surface area (Å²) in [5.74, 6) is 0.283. The maximum atomic E-state index is 11.3. The number of ether oxygens (including phenoxy) is 1. The van der Waals surface area contributed by atoms with Crippen molar-refractivity contribution in [1.82, 2.24) is 15.2 Å². The number of nitrogens with zero attached hydrogens (tertiary/aromatic N) is 2. The lowest BCUT2D eigenvalue weighted by molar-refractivity contribution is -0.116. The van der Waals surface area contributed by atoms with E-state index < -0.39 is 0 Å². The monoisotopic (exact) mass is 198 g/mol. The Hall–Kier alpha value is -1.43. The van der Waals surface area contributed by atoms with Crippen LogP contribution in [-0.4, -0.2) is 34.3 Å². The molecule has 1 aromatic heterocycles. The van der Waals surface area contributed by atoms with Crippen molar-refractivity contribution in [3.8, 4) is 0 Å². The number of hydrogen-bond acceptors (Lipinski definition) is 4. The van der Waals surface area contributed by atoms with Crippen molar-refractivity contribution in [3.63, 3.8) is 0 Å². The Morgan fingerprint density at radius 2 is 2.57 bits per heavy atom. The predicted molar refractivity (Wildman–Crippen MR) is 50.7 cm³/mol. The first-order valence-electron chi connectivity index (χ1n) is 4.40. The second-order valence-corrected chi connectivity index (χ2v) is 2.97. The number of anilines is 1. The summed E-state index contributed by atoms with van der Waals surface area (Å²) in [6.45, 7) is 1.92. The van der Waals surface area contributed by atoms with Gasteiger partial charge in [0.15, 0.2) is 0 Å². The molecular formula is C8H14N4O2. The Bertz CT molecular complexity index is 273. The summed E-state index contributed by atoms with van der Waals surface area (Å²) in [5.41, 5.74) is 0. The van der Waals surface area contributed by atoms with Gasteiger partial charge in [0, 0.05) is 13.5 Å². The van der Waals surface area contributed by atoms with Crippen LogP contribution in [0.2, 0.25) is 0 Å². The zero-order valence-electron chi connectivity index (χ0n) is 8.28. The first-order valence-corrected chi connectivity index (χ1v) is 4.40. The number of methoxy groups -OCH3 is 1. The maximum Gasteiger partial charge on any atom is 0.226 e. The number of H-pyrrole nitrogens is 1. The van der Waals surface area contributed by atoms with Crippen LogP contribution in [0.3, 0.4) is 0 Å². The minimum atomic E-state index is -0.0920. The third kappa shape index (κ3) is 3.53. The Balaban J connectivity index is 2.23. The van der Waals surface area contributed by atoms with Gasteiger partial charge in [-0.25, -0.2) is 5.10 Å². The Morgan fingerprint density at radius 1 is 1.79 bits per heavy atom. The van der Waals surface area contributed by atoms with E-state index >= 15 is 0 Å². The summed E-state index contributed by atoms with van der Waals surface area (Å²) in [6.07, 6.45) is 2.54. The van der Waals surface area contributed by atoms with E-state index in [2.05, 4.69) is 20.5 Å². The molecule has 1 heterocycles. The fraction of sp³-hybridized carbons (Fsp3) is 0.625. The van der Waals surface area contributed by atoms with E-state index in [1.54, 1.807) is 7.11 Å². The van der Waals surface area contributed by atoms with Gasteiger partial charge in [-0.3, -0.25) is 10.1 Å². The zero-order chi connectivity index (χ0) is 10.4. The zero-order valence-corrected chi connectivity index (χ0v) is 8.28. The van der Waals surface area contributed by atoms with Gasteiger partial charge >= 0.3 is 0 Å². The first kappa shape index (κ1) is 10.6. The molecule has 0 bridgehead atoms. The molecule has 0 fully saturated rings. The van der Waals surface area contributed by atoms with E-state index in [1.807, 2.05) is 6.92 Å². The molecule has 1 unspecified atom stereocenters. The molecule has 1 atom stereocenters. The van der Waals surface area contributed by atoms with E-state index in [0.29, 0.717) is 18.8 Å². The average Bonchev–Trinajstić information content (AvgIpc) is 2.66. The Kier molecular flexibility index (Phi) is 4.06. The van der Waals surface area contributed by atoms with Gasteiger partial charge in [0.25, 0.3) is 0 Å². The Morgan fingerprint density at radius 3 is 3.14 bits per heavy atom. The van der Waals surface area contributed by atoms with Crippen LogP contribution in [0.1, 0.15) is 19.8 Å². The van der Waals surface area contributed by atoms with Crippen LogP contribution in [0.5, 0.6) is 0 Å². The standard InChI is InChI=1S/C8H14N4O2/c1-6(14-2)3-4-7(13)11-8-9-5-10-12-8/h5-6H,3-4H2,1-2H3,(H2,9,10,11,12,13). The van der Waals surface area contributed by atoms with E-state index in [4.69, 9.17) is 4.74 Å². The molecule has 1 rings (SSSR count). The Labute approximate surface area is 82.1 Å². The molecule has 0 aliphatic carbocycles. The van der Waals surface area contributed by atoms with Crippen LogP contribution in [0, 0.1) is 0 Å². The summed E-state index contributed by atoms with van der Waals surface area (Å²) in [7, 11) is 1.62. The quantitative estimate of drug-likeness (QED) is 0.724. The van der Waals surface area contributed by atoms with Crippen molar-refractivity contribution in [2.45, 2.75) is 25.9 Å². The third-order valence-electron chi connectivity index (χ3n) is 1.85. The number of hydrogen-bond donors (Lipinski definition) is 2. The lowest BCUT2D eigenvalue weighted by Crippen LogP contribution is -2.15. The van der Waals surface area contributed by atoms with Crippen molar-refractivity contribution in [3.05, 3.63) is 6.33 Å². The molecule has 1 aromatic rings. The minimum Gasteiger partial charge on any atom is -0.382 e. The van der Waals surface area contributed by atoms with Crippen molar-refractivity contribution >= 4 is 11.9 Å². The molecular weight excluding hydrogens is 184 g/mol. The molecule has 1 amide bonds. The van der Waals surface area contributed by atoms with E-state index in [1.165, 1.54) is 6.33 Å². The summed E-state index contributed by atoms with van der Waals surface area (Å²) in [6, 6.07) is 0. The molecule has 0 aromatic carbocycles. The SMILES string of the molecule is COC(C)CCC(=O)Nc1ncn[nH]1. The van der Waals surface area contributed by atoms with Crippen LogP contribution in [0.25, 0.3) is 0 Å². The van der Waals surface area contributed by atoms with Gasteiger partial charge in [0.05, 0.1) is 6.10 Å². The minimum absolute atomic E-state index is 0.0920. The molecule has 2 N–H and O–H groups in total. The molecule has 78 valence electrons. The topological polar surface area (TPSA) is 79.9 Å². The van der Waals surface area contributed by atoms with Gasteiger partial charge in [-0.1, -0.05) is 0 Å². The van der Waals surface area contributed by atoms with Gasteiger partial charge in [0.2, 0.25) is 11.9 Å². The number of carbonyl (C=O) groups excluding carboxylic acids is 1.